The zero-order valence-electron chi connectivity index (χ0n) is 12.5. The van der Waals surface area contributed by atoms with Crippen molar-refractivity contribution in [3.63, 3.8) is 0 Å². The lowest BCUT2D eigenvalue weighted by molar-refractivity contribution is -0.00345. The van der Waals surface area contributed by atoms with E-state index in [1.165, 1.54) is 38.3 Å². The molecule has 1 N–H and O–H groups in total. The molecule has 3 aliphatic heterocycles. The Morgan fingerprint density at radius 3 is 2.70 bits per heavy atom. The van der Waals surface area contributed by atoms with E-state index in [2.05, 4.69) is 40.2 Å². The van der Waals surface area contributed by atoms with Crippen LogP contribution in [0.4, 0.5) is 0 Å². The number of piperazine rings is 3. The normalized spacial score (nSPS) is 30.2. The quantitative estimate of drug-likeness (QED) is 0.878. The number of nitrogens with zero attached hydrogens (tertiary/aromatic N) is 2. The van der Waals surface area contributed by atoms with Crippen molar-refractivity contribution in [2.45, 2.75) is 19.0 Å². The Morgan fingerprint density at radius 2 is 2.10 bits per heavy atom. The van der Waals surface area contributed by atoms with Crippen molar-refractivity contribution in [2.75, 3.05) is 46.4 Å². The standard InChI is InChI=1S/C16H25N3O/c1-3-17-16(13-5-4-6-14(11-13)20-2)15-12-18-7-9-19(15)10-8-18/h4-6,11,15-17H,3,7-10,12H2,1-2H3. The zero-order valence-corrected chi connectivity index (χ0v) is 12.5. The molecule has 3 heterocycles. The fourth-order valence-electron chi connectivity index (χ4n) is 3.50. The maximum Gasteiger partial charge on any atom is 0.119 e. The number of hydrogen-bond acceptors (Lipinski definition) is 4. The van der Waals surface area contributed by atoms with Gasteiger partial charge in [0.1, 0.15) is 5.75 Å². The summed E-state index contributed by atoms with van der Waals surface area (Å²) in [6, 6.07) is 9.46. The molecule has 0 saturated carbocycles. The second-order valence-electron chi connectivity index (χ2n) is 5.72. The zero-order chi connectivity index (χ0) is 13.9. The first-order chi connectivity index (χ1) is 9.81. The van der Waals surface area contributed by atoms with Crippen molar-refractivity contribution in [2.24, 2.45) is 0 Å². The summed E-state index contributed by atoms with van der Waals surface area (Å²) in [5.74, 6) is 0.946. The van der Waals surface area contributed by atoms with Gasteiger partial charge in [0.2, 0.25) is 0 Å². The Kier molecular flexibility index (Phi) is 4.24. The van der Waals surface area contributed by atoms with E-state index < -0.39 is 0 Å². The maximum absolute atomic E-state index is 5.38. The van der Waals surface area contributed by atoms with Crippen molar-refractivity contribution in [1.29, 1.82) is 0 Å². The highest BCUT2D eigenvalue weighted by molar-refractivity contribution is 5.31. The number of ether oxygens (including phenoxy) is 1. The van der Waals surface area contributed by atoms with Gasteiger partial charge in [0.05, 0.1) is 7.11 Å². The third-order valence-corrected chi connectivity index (χ3v) is 4.58. The average molecular weight is 275 g/mol. The summed E-state index contributed by atoms with van der Waals surface area (Å²) in [6.07, 6.45) is 0. The van der Waals surface area contributed by atoms with Crippen LogP contribution in [-0.2, 0) is 0 Å². The number of methoxy groups -OCH3 is 1. The number of fused-ring (bicyclic) bond motifs is 3. The fraction of sp³-hybridized carbons (Fsp3) is 0.625. The van der Waals surface area contributed by atoms with E-state index in [1.807, 2.05) is 6.07 Å². The lowest BCUT2D eigenvalue weighted by atomic mass is 9.93. The molecule has 4 rings (SSSR count). The highest BCUT2D eigenvalue weighted by Crippen LogP contribution is 2.29. The van der Waals surface area contributed by atoms with E-state index in [0.717, 1.165) is 12.3 Å². The molecule has 4 nitrogen and oxygen atoms in total. The second-order valence-corrected chi connectivity index (χ2v) is 5.72. The van der Waals surface area contributed by atoms with Crippen LogP contribution in [0, 0.1) is 0 Å². The van der Waals surface area contributed by atoms with Crippen molar-refractivity contribution in [3.05, 3.63) is 29.8 Å². The smallest absolute Gasteiger partial charge is 0.119 e. The van der Waals surface area contributed by atoms with Gasteiger partial charge in [0.15, 0.2) is 0 Å². The van der Waals surface area contributed by atoms with Crippen LogP contribution in [-0.4, -0.2) is 62.2 Å². The molecule has 4 heteroatoms. The molecule has 2 bridgehead atoms. The SMILES string of the molecule is CCNC(c1cccc(OC)c1)C1CN2CCN1CC2. The first-order valence-corrected chi connectivity index (χ1v) is 7.65. The summed E-state index contributed by atoms with van der Waals surface area (Å²) in [7, 11) is 1.74. The van der Waals surface area contributed by atoms with Gasteiger partial charge >= 0.3 is 0 Å². The molecule has 1 aromatic rings. The van der Waals surface area contributed by atoms with Crippen molar-refractivity contribution in [3.8, 4) is 5.75 Å². The fourth-order valence-corrected chi connectivity index (χ4v) is 3.50. The van der Waals surface area contributed by atoms with Crippen LogP contribution in [0.25, 0.3) is 0 Å². The largest absolute Gasteiger partial charge is 0.497 e. The highest BCUT2D eigenvalue weighted by atomic mass is 16.5. The molecule has 0 amide bonds. The Labute approximate surface area is 121 Å². The Hall–Kier alpha value is -1.10. The molecule has 0 spiro atoms. The van der Waals surface area contributed by atoms with Crippen LogP contribution in [0.2, 0.25) is 0 Å². The number of rotatable bonds is 5. The van der Waals surface area contributed by atoms with Gasteiger partial charge in [-0.3, -0.25) is 9.80 Å². The van der Waals surface area contributed by atoms with Crippen LogP contribution in [0.5, 0.6) is 5.75 Å². The molecular weight excluding hydrogens is 250 g/mol. The molecule has 0 aromatic heterocycles. The Morgan fingerprint density at radius 1 is 1.30 bits per heavy atom. The molecule has 2 atom stereocenters. The molecule has 3 aliphatic rings. The van der Waals surface area contributed by atoms with Gasteiger partial charge in [-0.05, 0) is 24.2 Å². The molecule has 3 fully saturated rings. The predicted molar refractivity (Wildman–Crippen MR) is 81.2 cm³/mol. The third kappa shape index (κ3) is 2.68. The first kappa shape index (κ1) is 13.9. The van der Waals surface area contributed by atoms with Gasteiger partial charge in [0.25, 0.3) is 0 Å². The molecule has 2 unspecified atom stereocenters. The van der Waals surface area contributed by atoms with Gasteiger partial charge in [-0.15, -0.1) is 0 Å². The number of nitrogens with one attached hydrogen (secondary N) is 1. The Bertz CT molecular complexity index is 443. The van der Waals surface area contributed by atoms with Crippen molar-refractivity contribution < 1.29 is 4.74 Å². The van der Waals surface area contributed by atoms with Gasteiger partial charge in [-0.2, -0.15) is 0 Å². The van der Waals surface area contributed by atoms with E-state index in [4.69, 9.17) is 4.74 Å². The highest BCUT2D eigenvalue weighted by Gasteiger charge is 2.37. The molecule has 3 saturated heterocycles. The molecule has 1 aromatic carbocycles. The van der Waals surface area contributed by atoms with Gasteiger partial charge in [-0.25, -0.2) is 0 Å². The summed E-state index contributed by atoms with van der Waals surface area (Å²) < 4.78 is 5.38. The number of likely N-dealkylation sites (N-methyl/N-ethyl adjacent to an activating group) is 1. The van der Waals surface area contributed by atoms with E-state index in [-0.39, 0.29) is 0 Å². The molecular formula is C16H25N3O. The number of benzene rings is 1. The molecule has 0 aliphatic carbocycles. The monoisotopic (exact) mass is 275 g/mol. The lowest BCUT2D eigenvalue weighted by Gasteiger charge is -2.50. The minimum absolute atomic E-state index is 0.387. The topological polar surface area (TPSA) is 27.7 Å². The predicted octanol–water partition coefficient (Wildman–Crippen LogP) is 1.35. The molecule has 20 heavy (non-hydrogen) atoms. The van der Waals surface area contributed by atoms with E-state index >= 15 is 0 Å². The van der Waals surface area contributed by atoms with E-state index in [1.54, 1.807) is 7.11 Å². The van der Waals surface area contributed by atoms with Crippen molar-refractivity contribution in [1.82, 2.24) is 15.1 Å². The third-order valence-electron chi connectivity index (χ3n) is 4.58. The summed E-state index contributed by atoms with van der Waals surface area (Å²) in [6.45, 7) is 9.22. The number of hydrogen-bond donors (Lipinski definition) is 1. The van der Waals surface area contributed by atoms with Crippen LogP contribution < -0.4 is 10.1 Å². The van der Waals surface area contributed by atoms with Crippen LogP contribution in [0.15, 0.2) is 24.3 Å². The van der Waals surface area contributed by atoms with Crippen LogP contribution >= 0.6 is 0 Å². The van der Waals surface area contributed by atoms with Gasteiger partial charge < -0.3 is 10.1 Å². The summed E-state index contributed by atoms with van der Waals surface area (Å²) in [5.41, 5.74) is 1.34. The van der Waals surface area contributed by atoms with Crippen LogP contribution in [0.1, 0.15) is 18.5 Å². The lowest BCUT2D eigenvalue weighted by Crippen LogP contribution is -2.63. The second kappa shape index (κ2) is 6.12. The van der Waals surface area contributed by atoms with E-state index in [9.17, 15) is 0 Å². The summed E-state index contributed by atoms with van der Waals surface area (Å²) in [5, 5.41) is 3.68. The average Bonchev–Trinajstić information content (AvgIpc) is 2.53. The van der Waals surface area contributed by atoms with Gasteiger partial charge in [0, 0.05) is 44.8 Å². The maximum atomic E-state index is 5.38. The summed E-state index contributed by atoms with van der Waals surface area (Å²) in [4.78, 5) is 5.24. The summed E-state index contributed by atoms with van der Waals surface area (Å²) >= 11 is 0. The van der Waals surface area contributed by atoms with Gasteiger partial charge in [-0.1, -0.05) is 19.1 Å². The van der Waals surface area contributed by atoms with E-state index in [0.29, 0.717) is 12.1 Å². The molecule has 0 radical (unpaired) electrons. The molecule has 110 valence electrons. The van der Waals surface area contributed by atoms with Crippen molar-refractivity contribution >= 4 is 0 Å². The first-order valence-electron chi connectivity index (χ1n) is 7.65. The Balaban J connectivity index is 1.84. The minimum atomic E-state index is 0.387. The minimum Gasteiger partial charge on any atom is -0.497 e. The van der Waals surface area contributed by atoms with Crippen LogP contribution in [0.3, 0.4) is 0 Å².